The summed E-state index contributed by atoms with van der Waals surface area (Å²) < 4.78 is 88.5. The summed E-state index contributed by atoms with van der Waals surface area (Å²) in [5, 5.41) is 5.14. The van der Waals surface area contributed by atoms with Crippen LogP contribution < -0.4 is 21.1 Å². The van der Waals surface area contributed by atoms with E-state index < -0.39 is 47.0 Å². The molecule has 0 bridgehead atoms. The fourth-order valence-corrected chi connectivity index (χ4v) is 3.96. The van der Waals surface area contributed by atoms with Crippen molar-refractivity contribution in [3.05, 3.63) is 42.5 Å². The normalized spacial score (nSPS) is 12.7. The molecule has 33 heavy (non-hydrogen) atoms. The van der Waals surface area contributed by atoms with Crippen molar-refractivity contribution in [2.45, 2.75) is 9.79 Å². The van der Waals surface area contributed by atoms with Crippen molar-refractivity contribution in [3.8, 4) is 0 Å². The maximum atomic E-state index is 11.7. The molecule has 0 saturated heterocycles. The zero-order valence-electron chi connectivity index (χ0n) is 16.0. The first-order chi connectivity index (χ1) is 15.3. The molecule has 18 heteroatoms. The second-order valence-corrected chi connectivity index (χ2v) is 9.60. The Morgan fingerprint density at radius 3 is 2.12 bits per heavy atom. The van der Waals surface area contributed by atoms with Gasteiger partial charge in [-0.1, -0.05) is 6.07 Å². The molecule has 15 nitrogen and oxygen atoms in total. The van der Waals surface area contributed by atoms with E-state index in [0.29, 0.717) is 5.69 Å². The van der Waals surface area contributed by atoms with Crippen LogP contribution in [0.2, 0.25) is 0 Å². The molecule has 0 amide bonds. The zero-order valence-corrected chi connectivity index (χ0v) is 18.5. The van der Waals surface area contributed by atoms with Crippen LogP contribution in [0.1, 0.15) is 0 Å². The molecule has 3 aromatic rings. The first-order valence-electron chi connectivity index (χ1n) is 8.42. The van der Waals surface area contributed by atoms with E-state index in [1.165, 1.54) is 18.2 Å². The fourth-order valence-electron chi connectivity index (χ4n) is 2.50. The molecule has 3 rings (SSSR count). The number of anilines is 6. The average molecular weight is 517 g/mol. The lowest BCUT2D eigenvalue weighted by Crippen LogP contribution is -2.10. The monoisotopic (exact) mass is 516 g/mol. The third kappa shape index (κ3) is 6.54. The molecule has 0 spiro atoms. The van der Waals surface area contributed by atoms with E-state index in [1.54, 1.807) is 6.07 Å². The van der Waals surface area contributed by atoms with E-state index in [4.69, 9.17) is 5.73 Å². The van der Waals surface area contributed by atoms with Gasteiger partial charge in [-0.05, 0) is 36.4 Å². The van der Waals surface area contributed by atoms with E-state index >= 15 is 0 Å². The SMILES string of the molecule is Nc1nc(Nc2cccc(NS(=O)[O-])c2)nc(Nc2cc(S(=O)(=O)O)ccc2S(=O)(=O)O)n1. The van der Waals surface area contributed by atoms with Crippen molar-refractivity contribution in [2.24, 2.45) is 0 Å². The highest BCUT2D eigenvalue weighted by molar-refractivity contribution is 7.86. The second-order valence-electron chi connectivity index (χ2n) is 6.12. The number of hydrogen-bond donors (Lipinski definition) is 6. The highest BCUT2D eigenvalue weighted by Gasteiger charge is 2.21. The number of benzene rings is 2. The highest BCUT2D eigenvalue weighted by Crippen LogP contribution is 2.28. The van der Waals surface area contributed by atoms with Crippen LogP contribution in [-0.2, 0) is 31.5 Å². The Balaban J connectivity index is 1.97. The average Bonchev–Trinajstić information content (AvgIpc) is 2.65. The van der Waals surface area contributed by atoms with Crippen LogP contribution in [0.5, 0.6) is 0 Å². The van der Waals surface area contributed by atoms with Gasteiger partial charge >= 0.3 is 0 Å². The number of nitrogens with two attached hydrogens (primary N) is 1. The van der Waals surface area contributed by atoms with Gasteiger partial charge in [-0.25, -0.2) is 0 Å². The summed E-state index contributed by atoms with van der Waals surface area (Å²) >= 11 is -2.55. The molecule has 1 atom stereocenters. The van der Waals surface area contributed by atoms with Crippen LogP contribution >= 0.6 is 0 Å². The van der Waals surface area contributed by atoms with E-state index in [-0.39, 0.29) is 23.5 Å². The summed E-state index contributed by atoms with van der Waals surface area (Å²) in [5.74, 6) is -0.827. The van der Waals surface area contributed by atoms with Crippen LogP contribution in [0.25, 0.3) is 0 Å². The van der Waals surface area contributed by atoms with Gasteiger partial charge in [-0.2, -0.15) is 31.8 Å². The zero-order chi connectivity index (χ0) is 24.4. The number of rotatable bonds is 8. The predicted octanol–water partition coefficient (Wildman–Crippen LogP) is 0.640. The molecule has 7 N–H and O–H groups in total. The van der Waals surface area contributed by atoms with Gasteiger partial charge in [0, 0.05) is 22.6 Å². The van der Waals surface area contributed by atoms with Gasteiger partial charge in [0.15, 0.2) is 0 Å². The minimum Gasteiger partial charge on any atom is -0.755 e. The van der Waals surface area contributed by atoms with Gasteiger partial charge in [0.2, 0.25) is 17.8 Å². The van der Waals surface area contributed by atoms with Gasteiger partial charge in [0.05, 0.1) is 10.6 Å². The Bertz CT molecular complexity index is 1450. The van der Waals surface area contributed by atoms with Crippen LogP contribution in [0.15, 0.2) is 52.3 Å². The molecule has 0 radical (unpaired) electrons. The number of nitrogens with zero attached hydrogens (tertiary/aromatic N) is 3. The van der Waals surface area contributed by atoms with E-state index in [0.717, 1.165) is 18.2 Å². The van der Waals surface area contributed by atoms with Crippen LogP contribution in [0.3, 0.4) is 0 Å². The summed E-state index contributed by atoms with van der Waals surface area (Å²) in [7, 11) is -9.52. The molecule has 1 aromatic heterocycles. The fraction of sp³-hybridized carbons (Fsp3) is 0. The maximum absolute atomic E-state index is 11.7. The van der Waals surface area contributed by atoms with Crippen molar-refractivity contribution in [1.29, 1.82) is 0 Å². The molecule has 1 unspecified atom stereocenters. The number of nitrogen functional groups attached to an aromatic ring is 1. The molecule has 0 aliphatic heterocycles. The lowest BCUT2D eigenvalue weighted by Gasteiger charge is -2.13. The summed E-state index contributed by atoms with van der Waals surface area (Å²) in [4.78, 5) is 10.2. The minimum absolute atomic E-state index is 0.148. The van der Waals surface area contributed by atoms with Crippen molar-refractivity contribution in [3.63, 3.8) is 0 Å². The van der Waals surface area contributed by atoms with Crippen molar-refractivity contribution < 1.29 is 34.7 Å². The molecule has 0 fully saturated rings. The maximum Gasteiger partial charge on any atom is 0.296 e. The Morgan fingerprint density at radius 1 is 0.879 bits per heavy atom. The van der Waals surface area contributed by atoms with Crippen LogP contribution in [0.4, 0.5) is 34.9 Å². The molecule has 176 valence electrons. The Hall–Kier alpha value is -3.42. The summed E-state index contributed by atoms with van der Waals surface area (Å²) in [5.41, 5.74) is 5.74. The Morgan fingerprint density at radius 2 is 1.52 bits per heavy atom. The van der Waals surface area contributed by atoms with E-state index in [9.17, 15) is 34.7 Å². The first-order valence-corrected chi connectivity index (χ1v) is 12.4. The number of aromatic nitrogens is 3. The third-order valence-corrected chi connectivity index (χ3v) is 5.91. The highest BCUT2D eigenvalue weighted by atomic mass is 32.2. The van der Waals surface area contributed by atoms with Gasteiger partial charge < -0.3 is 25.6 Å². The minimum atomic E-state index is -4.81. The lowest BCUT2D eigenvalue weighted by atomic mass is 10.3. The molecular formula is C15H14N7O8S3-. The first kappa shape index (κ1) is 24.2. The molecule has 1 heterocycles. The topological polar surface area (TPSA) is 250 Å². The van der Waals surface area contributed by atoms with E-state index in [1.807, 2.05) is 0 Å². The molecule has 0 aliphatic carbocycles. The smallest absolute Gasteiger partial charge is 0.296 e. The third-order valence-electron chi connectivity index (χ3n) is 3.75. The lowest BCUT2D eigenvalue weighted by molar-refractivity contribution is 0.479. The molecule has 2 aromatic carbocycles. The van der Waals surface area contributed by atoms with Gasteiger partial charge in [0.25, 0.3) is 20.2 Å². The predicted molar refractivity (Wildman–Crippen MR) is 116 cm³/mol. The number of hydrogen-bond acceptors (Lipinski definition) is 12. The number of nitrogens with one attached hydrogen (secondary N) is 3. The molecular weight excluding hydrogens is 502 g/mol. The second kappa shape index (κ2) is 9.21. The van der Waals surface area contributed by atoms with Gasteiger partial charge in [-0.15, -0.1) is 0 Å². The van der Waals surface area contributed by atoms with Gasteiger partial charge in [-0.3, -0.25) is 13.3 Å². The van der Waals surface area contributed by atoms with Crippen molar-refractivity contribution in [2.75, 3.05) is 21.1 Å². The Kier molecular flexibility index (Phi) is 6.76. The largest absolute Gasteiger partial charge is 0.755 e. The summed E-state index contributed by atoms with van der Waals surface area (Å²) in [6.07, 6.45) is 0. The van der Waals surface area contributed by atoms with Crippen molar-refractivity contribution in [1.82, 2.24) is 15.0 Å². The quantitative estimate of drug-likeness (QED) is 0.177. The summed E-state index contributed by atoms with van der Waals surface area (Å²) in [6, 6.07) is 8.24. The van der Waals surface area contributed by atoms with Gasteiger partial charge in [0.1, 0.15) is 4.90 Å². The summed E-state index contributed by atoms with van der Waals surface area (Å²) in [6.45, 7) is 0. The Labute approximate surface area is 189 Å². The molecule has 0 aliphatic rings. The molecule has 0 saturated carbocycles. The van der Waals surface area contributed by atoms with Crippen molar-refractivity contribution >= 4 is 66.4 Å². The standard InChI is InChI=1S/C15H15N7O8S3/c16-13-19-14(17-8-2-1-3-9(6-8)22-31(23)24)21-15(20-13)18-11-7-10(32(25,26)27)4-5-12(11)33(28,29)30/h1-7,22H,(H,23,24)(H,25,26,27)(H,28,29,30)(H4,16,17,18,19,20,21)/p-1. The van der Waals surface area contributed by atoms with Crippen LogP contribution in [-0.4, -0.2) is 49.7 Å². The van der Waals surface area contributed by atoms with Crippen LogP contribution in [0, 0.1) is 0 Å². The van der Waals surface area contributed by atoms with E-state index in [2.05, 4.69) is 30.3 Å².